The molecule has 124 valence electrons. The Bertz CT molecular complexity index is 461. The largest absolute Gasteiger partial charge is 0.353 e. The Morgan fingerprint density at radius 1 is 1.36 bits per heavy atom. The van der Waals surface area contributed by atoms with Crippen LogP contribution in [0.1, 0.15) is 56.6 Å². The number of hydrogen-bond acceptors (Lipinski definition) is 2. The molecular formula is C18H29ClN2O. The summed E-state index contributed by atoms with van der Waals surface area (Å²) in [6.07, 6.45) is 3.67. The van der Waals surface area contributed by atoms with Gasteiger partial charge in [-0.15, -0.1) is 12.4 Å². The fourth-order valence-electron chi connectivity index (χ4n) is 3.11. The highest BCUT2D eigenvalue weighted by Gasteiger charge is 2.21. The summed E-state index contributed by atoms with van der Waals surface area (Å²) in [7, 11) is 0. The van der Waals surface area contributed by atoms with E-state index in [1.807, 2.05) is 0 Å². The second kappa shape index (κ2) is 9.16. The first kappa shape index (κ1) is 19.0. The number of carbonyl (C=O) groups is 1. The average Bonchev–Trinajstić information content (AvgIpc) is 2.46. The van der Waals surface area contributed by atoms with Crippen LogP contribution >= 0.6 is 12.4 Å². The molecule has 1 aliphatic heterocycles. The zero-order valence-electron chi connectivity index (χ0n) is 13.9. The number of piperidine rings is 1. The third-order valence-corrected chi connectivity index (χ3v) is 4.46. The quantitative estimate of drug-likeness (QED) is 0.869. The molecule has 1 saturated heterocycles. The average molecular weight is 325 g/mol. The van der Waals surface area contributed by atoms with E-state index < -0.39 is 0 Å². The number of hydrogen-bond donors (Lipinski definition) is 2. The van der Waals surface area contributed by atoms with Crippen molar-refractivity contribution >= 4 is 18.3 Å². The normalized spacial score (nSPS) is 22.5. The highest BCUT2D eigenvalue weighted by Crippen LogP contribution is 2.23. The summed E-state index contributed by atoms with van der Waals surface area (Å²) in [5, 5.41) is 6.63. The Kier molecular flexibility index (Phi) is 7.91. The van der Waals surface area contributed by atoms with E-state index in [0.717, 1.165) is 25.8 Å². The molecule has 22 heavy (non-hydrogen) atoms. The van der Waals surface area contributed by atoms with E-state index in [2.05, 4.69) is 55.7 Å². The van der Waals surface area contributed by atoms with Crippen molar-refractivity contribution in [3.63, 3.8) is 0 Å². The molecular weight excluding hydrogens is 296 g/mol. The van der Waals surface area contributed by atoms with Gasteiger partial charge in [0, 0.05) is 18.5 Å². The summed E-state index contributed by atoms with van der Waals surface area (Å²) in [4.78, 5) is 12.3. The molecule has 1 aromatic carbocycles. The molecule has 0 spiro atoms. The molecule has 2 rings (SSSR count). The minimum Gasteiger partial charge on any atom is -0.353 e. The lowest BCUT2D eigenvalue weighted by atomic mass is 9.92. The van der Waals surface area contributed by atoms with Crippen LogP contribution in [0.4, 0.5) is 0 Å². The third kappa shape index (κ3) is 5.62. The molecule has 0 radical (unpaired) electrons. The summed E-state index contributed by atoms with van der Waals surface area (Å²) in [5.74, 6) is 0.520. The van der Waals surface area contributed by atoms with E-state index in [0.29, 0.717) is 24.4 Å². The van der Waals surface area contributed by atoms with Crippen molar-refractivity contribution in [1.82, 2.24) is 10.6 Å². The van der Waals surface area contributed by atoms with Gasteiger partial charge in [0.15, 0.2) is 0 Å². The van der Waals surface area contributed by atoms with Crippen molar-refractivity contribution in [3.05, 3.63) is 35.4 Å². The maximum Gasteiger partial charge on any atom is 0.220 e. The van der Waals surface area contributed by atoms with Crippen LogP contribution in [-0.4, -0.2) is 24.5 Å². The van der Waals surface area contributed by atoms with Gasteiger partial charge in [0.1, 0.15) is 0 Å². The van der Waals surface area contributed by atoms with Gasteiger partial charge in [0.2, 0.25) is 5.91 Å². The van der Waals surface area contributed by atoms with Crippen molar-refractivity contribution in [2.45, 2.75) is 64.5 Å². The fourth-order valence-corrected chi connectivity index (χ4v) is 3.11. The number of nitrogens with one attached hydrogen (secondary N) is 2. The summed E-state index contributed by atoms with van der Waals surface area (Å²) in [5.41, 5.74) is 2.54. The van der Waals surface area contributed by atoms with Crippen molar-refractivity contribution in [1.29, 1.82) is 0 Å². The van der Waals surface area contributed by atoms with E-state index in [-0.39, 0.29) is 18.3 Å². The molecule has 1 aromatic rings. The Morgan fingerprint density at radius 2 is 2.05 bits per heavy atom. The highest BCUT2D eigenvalue weighted by molar-refractivity contribution is 5.85. The number of carbonyl (C=O) groups excluding carboxylic acids is 1. The van der Waals surface area contributed by atoms with Crippen LogP contribution in [0.3, 0.4) is 0 Å². The molecule has 1 aliphatic rings. The number of aryl methyl sites for hydroxylation is 1. The van der Waals surface area contributed by atoms with Gasteiger partial charge in [-0.2, -0.15) is 0 Å². The first-order valence-corrected chi connectivity index (χ1v) is 8.17. The van der Waals surface area contributed by atoms with Gasteiger partial charge >= 0.3 is 0 Å². The molecule has 0 bridgehead atoms. The smallest absolute Gasteiger partial charge is 0.220 e. The van der Waals surface area contributed by atoms with Crippen LogP contribution in [0, 0.1) is 6.92 Å². The highest BCUT2D eigenvalue weighted by atomic mass is 35.5. The van der Waals surface area contributed by atoms with Crippen LogP contribution in [0.5, 0.6) is 0 Å². The van der Waals surface area contributed by atoms with E-state index in [1.54, 1.807) is 0 Å². The lowest BCUT2D eigenvalue weighted by Gasteiger charge is -2.29. The lowest BCUT2D eigenvalue weighted by Crippen LogP contribution is -2.46. The van der Waals surface area contributed by atoms with Gasteiger partial charge in [-0.25, -0.2) is 0 Å². The molecule has 4 heteroatoms. The third-order valence-electron chi connectivity index (χ3n) is 4.46. The molecule has 2 N–H and O–H groups in total. The monoisotopic (exact) mass is 324 g/mol. The Morgan fingerprint density at radius 3 is 2.64 bits per heavy atom. The van der Waals surface area contributed by atoms with Gasteiger partial charge in [-0.1, -0.05) is 36.8 Å². The number of rotatable bonds is 5. The van der Waals surface area contributed by atoms with E-state index in [9.17, 15) is 4.79 Å². The topological polar surface area (TPSA) is 41.1 Å². The SMILES string of the molecule is CCC(CC(=O)NC1CCNC(C)C1)c1ccc(C)cc1.Cl. The van der Waals surface area contributed by atoms with Crippen molar-refractivity contribution in [2.24, 2.45) is 0 Å². The molecule has 0 aromatic heterocycles. The van der Waals surface area contributed by atoms with Gasteiger partial charge in [0.25, 0.3) is 0 Å². The maximum absolute atomic E-state index is 12.3. The Balaban J connectivity index is 0.00000242. The van der Waals surface area contributed by atoms with Gasteiger partial charge in [0.05, 0.1) is 0 Å². The zero-order chi connectivity index (χ0) is 15.2. The van der Waals surface area contributed by atoms with E-state index in [4.69, 9.17) is 0 Å². The zero-order valence-corrected chi connectivity index (χ0v) is 14.7. The summed E-state index contributed by atoms with van der Waals surface area (Å²) in [6.45, 7) is 7.43. The lowest BCUT2D eigenvalue weighted by molar-refractivity contribution is -0.122. The molecule has 1 fully saturated rings. The van der Waals surface area contributed by atoms with Crippen LogP contribution < -0.4 is 10.6 Å². The van der Waals surface area contributed by atoms with Gasteiger partial charge in [-0.3, -0.25) is 4.79 Å². The minimum absolute atomic E-state index is 0. The van der Waals surface area contributed by atoms with Crippen LogP contribution in [0.15, 0.2) is 24.3 Å². The summed E-state index contributed by atoms with van der Waals surface area (Å²) < 4.78 is 0. The molecule has 1 heterocycles. The fraction of sp³-hybridized carbons (Fsp3) is 0.611. The van der Waals surface area contributed by atoms with Crippen LogP contribution in [0.2, 0.25) is 0 Å². The number of amides is 1. The van der Waals surface area contributed by atoms with Crippen molar-refractivity contribution < 1.29 is 4.79 Å². The second-order valence-corrected chi connectivity index (χ2v) is 6.36. The van der Waals surface area contributed by atoms with E-state index >= 15 is 0 Å². The first-order chi connectivity index (χ1) is 10.1. The minimum atomic E-state index is 0. The predicted molar refractivity (Wildman–Crippen MR) is 94.7 cm³/mol. The summed E-state index contributed by atoms with van der Waals surface area (Å²) in [6, 6.07) is 9.41. The summed E-state index contributed by atoms with van der Waals surface area (Å²) >= 11 is 0. The van der Waals surface area contributed by atoms with Gasteiger partial charge < -0.3 is 10.6 Å². The van der Waals surface area contributed by atoms with Crippen molar-refractivity contribution in [2.75, 3.05) is 6.54 Å². The molecule has 3 nitrogen and oxygen atoms in total. The Hall–Kier alpha value is -1.06. The standard InChI is InChI=1S/C18H28N2O.ClH/c1-4-15(16-7-5-13(2)6-8-16)12-18(21)20-17-9-10-19-14(3)11-17;/h5-8,14-15,17,19H,4,9-12H2,1-3H3,(H,20,21);1H. The Labute approximate surface area is 140 Å². The predicted octanol–water partition coefficient (Wildman–Crippen LogP) is 3.56. The van der Waals surface area contributed by atoms with Crippen molar-refractivity contribution in [3.8, 4) is 0 Å². The number of halogens is 1. The molecule has 0 saturated carbocycles. The molecule has 3 unspecified atom stereocenters. The number of benzene rings is 1. The molecule has 0 aliphatic carbocycles. The van der Waals surface area contributed by atoms with Crippen LogP contribution in [-0.2, 0) is 4.79 Å². The van der Waals surface area contributed by atoms with Crippen LogP contribution in [0.25, 0.3) is 0 Å². The van der Waals surface area contributed by atoms with E-state index in [1.165, 1.54) is 11.1 Å². The maximum atomic E-state index is 12.3. The molecule has 3 atom stereocenters. The molecule has 1 amide bonds. The van der Waals surface area contributed by atoms with Gasteiger partial charge in [-0.05, 0) is 51.1 Å². The first-order valence-electron chi connectivity index (χ1n) is 8.17. The second-order valence-electron chi connectivity index (χ2n) is 6.36.